The molecule has 3 heteroatoms. The van der Waals surface area contributed by atoms with Crippen LogP contribution in [-0.2, 0) is 13.0 Å². The topological polar surface area (TPSA) is 43.8 Å². The van der Waals surface area contributed by atoms with Gasteiger partial charge in [-0.1, -0.05) is 32.1 Å². The Bertz CT molecular complexity index is 593. The van der Waals surface area contributed by atoms with Crippen molar-refractivity contribution in [2.24, 2.45) is 5.73 Å². The first kappa shape index (κ1) is 13.8. The number of imidazole rings is 1. The van der Waals surface area contributed by atoms with Gasteiger partial charge in [-0.15, -0.1) is 0 Å². The molecule has 2 N–H and O–H groups in total. The number of hydrogen-bond acceptors (Lipinski definition) is 2. The predicted octanol–water partition coefficient (Wildman–Crippen LogP) is 3.24. The van der Waals surface area contributed by atoms with Gasteiger partial charge < -0.3 is 10.3 Å². The minimum absolute atomic E-state index is 0.522. The van der Waals surface area contributed by atoms with Crippen molar-refractivity contribution in [2.75, 3.05) is 6.54 Å². The summed E-state index contributed by atoms with van der Waals surface area (Å²) in [5, 5.41) is 0. The van der Waals surface area contributed by atoms with Gasteiger partial charge in [-0.25, -0.2) is 4.98 Å². The Morgan fingerprint density at radius 3 is 2.74 bits per heavy atom. The molecule has 102 valence electrons. The molecule has 0 unspecified atom stereocenters. The first-order valence-corrected chi connectivity index (χ1v) is 6.86. The number of fused-ring (bicyclic) bond motifs is 1. The normalized spacial score (nSPS) is 11.4. The van der Waals surface area contributed by atoms with Crippen LogP contribution in [0.3, 0.4) is 0 Å². The van der Waals surface area contributed by atoms with Crippen LogP contribution in [0.25, 0.3) is 11.0 Å². The van der Waals surface area contributed by atoms with Crippen LogP contribution in [0.1, 0.15) is 38.1 Å². The van der Waals surface area contributed by atoms with E-state index in [4.69, 9.17) is 10.7 Å². The predicted molar refractivity (Wildman–Crippen MR) is 81.4 cm³/mol. The Balaban J connectivity index is 2.55. The van der Waals surface area contributed by atoms with Crippen LogP contribution in [0.15, 0.2) is 30.4 Å². The average Bonchev–Trinajstić information content (AvgIpc) is 2.66. The van der Waals surface area contributed by atoms with Crippen molar-refractivity contribution in [2.45, 2.75) is 39.7 Å². The molecule has 1 aromatic heterocycles. The van der Waals surface area contributed by atoms with E-state index in [1.54, 1.807) is 0 Å². The van der Waals surface area contributed by atoms with Crippen molar-refractivity contribution in [1.82, 2.24) is 9.55 Å². The summed E-state index contributed by atoms with van der Waals surface area (Å²) in [6, 6.07) is 6.55. The van der Waals surface area contributed by atoms with Crippen molar-refractivity contribution in [3.05, 3.63) is 41.7 Å². The highest BCUT2D eigenvalue weighted by Crippen LogP contribution is 2.23. The number of nitrogens with zero attached hydrogens (tertiary/aromatic N) is 2. The zero-order valence-corrected chi connectivity index (χ0v) is 12.1. The third-order valence-corrected chi connectivity index (χ3v) is 3.31. The summed E-state index contributed by atoms with van der Waals surface area (Å²) in [6.45, 7) is 11.9. The van der Waals surface area contributed by atoms with E-state index in [1.165, 1.54) is 11.1 Å². The van der Waals surface area contributed by atoms with Gasteiger partial charge in [0.25, 0.3) is 0 Å². The fraction of sp³-hybridized carbons (Fsp3) is 0.438. The third kappa shape index (κ3) is 2.87. The average molecular weight is 257 g/mol. The molecular weight excluding hydrogens is 234 g/mol. The standard InChI is InChI=1S/C16H23N3/c1-11(2)10-19-15-6-5-13(12(3)4)9-14(15)18-16(19)7-8-17/h5-6,9,12H,1,7-8,10,17H2,2-4H3. The van der Waals surface area contributed by atoms with Gasteiger partial charge in [0.05, 0.1) is 11.0 Å². The second-order valence-corrected chi connectivity index (χ2v) is 5.51. The maximum Gasteiger partial charge on any atom is 0.111 e. The number of hydrogen-bond donors (Lipinski definition) is 1. The van der Waals surface area contributed by atoms with E-state index in [0.717, 1.165) is 29.9 Å². The van der Waals surface area contributed by atoms with Gasteiger partial charge in [0, 0.05) is 13.0 Å². The number of aromatic nitrogens is 2. The lowest BCUT2D eigenvalue weighted by Crippen LogP contribution is -2.10. The van der Waals surface area contributed by atoms with Gasteiger partial charge in [-0.05, 0) is 37.1 Å². The lowest BCUT2D eigenvalue weighted by molar-refractivity contribution is 0.727. The summed E-state index contributed by atoms with van der Waals surface area (Å²) in [5.41, 5.74) is 10.4. The van der Waals surface area contributed by atoms with Crippen LogP contribution in [0.4, 0.5) is 0 Å². The van der Waals surface area contributed by atoms with E-state index in [0.29, 0.717) is 12.5 Å². The van der Waals surface area contributed by atoms with Crippen molar-refractivity contribution < 1.29 is 0 Å². The SMILES string of the molecule is C=C(C)Cn1c(CCN)nc2cc(C(C)C)ccc21. The van der Waals surface area contributed by atoms with Crippen LogP contribution in [0, 0.1) is 0 Å². The Morgan fingerprint density at radius 2 is 2.16 bits per heavy atom. The van der Waals surface area contributed by atoms with Gasteiger partial charge in [0.1, 0.15) is 5.82 Å². The largest absolute Gasteiger partial charge is 0.330 e. The monoisotopic (exact) mass is 257 g/mol. The van der Waals surface area contributed by atoms with Crippen molar-refractivity contribution in [3.8, 4) is 0 Å². The Hall–Kier alpha value is -1.61. The third-order valence-electron chi connectivity index (χ3n) is 3.31. The highest BCUT2D eigenvalue weighted by atomic mass is 15.1. The fourth-order valence-electron chi connectivity index (χ4n) is 2.32. The van der Waals surface area contributed by atoms with Gasteiger partial charge in [-0.2, -0.15) is 0 Å². The van der Waals surface area contributed by atoms with Crippen LogP contribution >= 0.6 is 0 Å². The van der Waals surface area contributed by atoms with Crippen LogP contribution in [0.2, 0.25) is 0 Å². The molecule has 0 spiro atoms. The van der Waals surface area contributed by atoms with Gasteiger partial charge in [0.2, 0.25) is 0 Å². The molecule has 1 heterocycles. The molecule has 0 saturated heterocycles. The van der Waals surface area contributed by atoms with Gasteiger partial charge in [-0.3, -0.25) is 0 Å². The van der Waals surface area contributed by atoms with E-state index >= 15 is 0 Å². The molecule has 0 atom stereocenters. The van der Waals surface area contributed by atoms with Gasteiger partial charge in [0.15, 0.2) is 0 Å². The highest BCUT2D eigenvalue weighted by Gasteiger charge is 2.11. The van der Waals surface area contributed by atoms with E-state index in [9.17, 15) is 0 Å². The van der Waals surface area contributed by atoms with Crippen molar-refractivity contribution >= 4 is 11.0 Å². The van der Waals surface area contributed by atoms with Gasteiger partial charge >= 0.3 is 0 Å². The zero-order valence-electron chi connectivity index (χ0n) is 12.1. The second-order valence-electron chi connectivity index (χ2n) is 5.51. The summed E-state index contributed by atoms with van der Waals surface area (Å²) < 4.78 is 2.23. The molecule has 0 radical (unpaired) electrons. The van der Waals surface area contributed by atoms with E-state index in [-0.39, 0.29) is 0 Å². The minimum Gasteiger partial charge on any atom is -0.330 e. The molecule has 0 bridgehead atoms. The molecule has 1 aromatic carbocycles. The quantitative estimate of drug-likeness (QED) is 0.836. The lowest BCUT2D eigenvalue weighted by Gasteiger charge is -2.09. The summed E-state index contributed by atoms with van der Waals surface area (Å²) in [5.74, 6) is 1.58. The molecule has 3 nitrogen and oxygen atoms in total. The maximum absolute atomic E-state index is 5.68. The molecule has 0 aliphatic heterocycles. The first-order chi connectivity index (χ1) is 9.02. The van der Waals surface area contributed by atoms with E-state index in [1.807, 2.05) is 6.92 Å². The molecule has 19 heavy (non-hydrogen) atoms. The smallest absolute Gasteiger partial charge is 0.111 e. The maximum atomic E-state index is 5.68. The van der Waals surface area contributed by atoms with Crippen molar-refractivity contribution in [1.29, 1.82) is 0 Å². The summed E-state index contributed by atoms with van der Waals surface area (Å²) in [4.78, 5) is 4.74. The summed E-state index contributed by atoms with van der Waals surface area (Å²) >= 11 is 0. The van der Waals surface area contributed by atoms with Crippen molar-refractivity contribution in [3.63, 3.8) is 0 Å². The van der Waals surface area contributed by atoms with Crippen LogP contribution in [-0.4, -0.2) is 16.1 Å². The number of nitrogens with two attached hydrogens (primary N) is 1. The van der Waals surface area contributed by atoms with E-state index in [2.05, 4.69) is 43.2 Å². The number of benzene rings is 1. The number of rotatable bonds is 5. The lowest BCUT2D eigenvalue weighted by atomic mass is 10.0. The molecule has 2 aromatic rings. The summed E-state index contributed by atoms with van der Waals surface area (Å²) in [7, 11) is 0. The Kier molecular flexibility index (Phi) is 4.05. The van der Waals surface area contributed by atoms with Crippen LogP contribution in [0.5, 0.6) is 0 Å². The van der Waals surface area contributed by atoms with Crippen LogP contribution < -0.4 is 5.73 Å². The molecule has 2 rings (SSSR count). The number of allylic oxidation sites excluding steroid dienone is 1. The molecule has 0 aliphatic rings. The summed E-state index contributed by atoms with van der Waals surface area (Å²) in [6.07, 6.45) is 0.805. The molecule has 0 saturated carbocycles. The molecule has 0 amide bonds. The molecular formula is C16H23N3. The second kappa shape index (κ2) is 5.57. The first-order valence-electron chi connectivity index (χ1n) is 6.86. The highest BCUT2D eigenvalue weighted by molar-refractivity contribution is 5.77. The fourth-order valence-corrected chi connectivity index (χ4v) is 2.32. The Morgan fingerprint density at radius 1 is 1.42 bits per heavy atom. The molecule has 0 fully saturated rings. The molecule has 0 aliphatic carbocycles. The Labute approximate surface area is 115 Å². The van der Waals surface area contributed by atoms with E-state index < -0.39 is 0 Å². The zero-order chi connectivity index (χ0) is 14.0. The minimum atomic E-state index is 0.522.